The Hall–Kier alpha value is -3.56. The molecule has 0 radical (unpaired) electrons. The highest BCUT2D eigenvalue weighted by molar-refractivity contribution is 6.18. The molecule has 1 saturated carbocycles. The molecule has 1 aromatic carbocycles. The third-order valence-electron chi connectivity index (χ3n) is 5.67. The van der Waals surface area contributed by atoms with Crippen molar-refractivity contribution in [1.82, 2.24) is 25.1 Å². The second-order valence-electron chi connectivity index (χ2n) is 7.93. The molecule has 4 aromatic rings. The van der Waals surface area contributed by atoms with E-state index in [1.165, 1.54) is 6.20 Å². The first-order valence-corrected chi connectivity index (χ1v) is 9.79. The van der Waals surface area contributed by atoms with Gasteiger partial charge in [0.15, 0.2) is 0 Å². The van der Waals surface area contributed by atoms with Gasteiger partial charge in [-0.15, -0.1) is 0 Å². The van der Waals surface area contributed by atoms with E-state index >= 15 is 0 Å². The van der Waals surface area contributed by atoms with Crippen LogP contribution in [0, 0.1) is 5.92 Å². The number of aromatic amines is 1. The van der Waals surface area contributed by atoms with E-state index in [0.29, 0.717) is 29.3 Å². The number of aromatic nitrogens is 4. The zero-order valence-electron chi connectivity index (χ0n) is 16.5. The van der Waals surface area contributed by atoms with Crippen molar-refractivity contribution in [1.29, 1.82) is 0 Å². The normalized spacial score (nSPS) is 15.5. The topological polar surface area (TPSA) is 102 Å². The van der Waals surface area contributed by atoms with Crippen molar-refractivity contribution in [3.63, 3.8) is 0 Å². The van der Waals surface area contributed by atoms with Gasteiger partial charge in [-0.3, -0.25) is 9.48 Å². The Bertz CT molecular complexity index is 1320. The van der Waals surface area contributed by atoms with Gasteiger partial charge in [0, 0.05) is 35.9 Å². The van der Waals surface area contributed by atoms with Gasteiger partial charge in [0.1, 0.15) is 11.9 Å². The molecule has 1 fully saturated rings. The Balaban J connectivity index is 1.59. The zero-order chi connectivity index (χ0) is 21.9. The molecular formula is C21H19F3N6O. The van der Waals surface area contributed by atoms with Crippen LogP contribution in [0.2, 0.25) is 0 Å². The summed E-state index contributed by atoms with van der Waals surface area (Å²) in [4.78, 5) is 20.0. The maximum atomic E-state index is 13.4. The number of carbonyl (C=O) groups is 1. The Morgan fingerprint density at radius 2 is 2.06 bits per heavy atom. The molecule has 0 unspecified atom stereocenters. The molecule has 1 amide bonds. The van der Waals surface area contributed by atoms with Gasteiger partial charge < -0.3 is 16.0 Å². The Morgan fingerprint density at radius 3 is 2.71 bits per heavy atom. The SMILES string of the molecule is Cn1cc(-c2ccc3c(c2)[nH]c2c(C(=O)N[C@H](C4CC4)C(F)(F)F)cnc(N)c23)cn1. The summed E-state index contributed by atoms with van der Waals surface area (Å²) >= 11 is 0. The lowest BCUT2D eigenvalue weighted by Gasteiger charge is -2.21. The van der Waals surface area contributed by atoms with Crippen LogP contribution in [-0.2, 0) is 7.05 Å². The number of H-pyrrole nitrogens is 1. The van der Waals surface area contributed by atoms with Gasteiger partial charge in [-0.2, -0.15) is 18.3 Å². The summed E-state index contributed by atoms with van der Waals surface area (Å²) in [6, 6.07) is 3.76. The number of nitrogens with zero attached hydrogens (tertiary/aromatic N) is 3. The first-order chi connectivity index (χ1) is 14.7. The quantitative estimate of drug-likeness (QED) is 0.461. The van der Waals surface area contributed by atoms with Crippen LogP contribution in [0.5, 0.6) is 0 Å². The van der Waals surface area contributed by atoms with Crippen molar-refractivity contribution in [2.45, 2.75) is 25.1 Å². The van der Waals surface area contributed by atoms with Crippen molar-refractivity contribution >= 4 is 33.5 Å². The second kappa shape index (κ2) is 6.73. The number of aryl methyl sites for hydroxylation is 1. The number of rotatable bonds is 4. The predicted molar refractivity (Wildman–Crippen MR) is 110 cm³/mol. The van der Waals surface area contributed by atoms with Gasteiger partial charge >= 0.3 is 6.18 Å². The standard InChI is InChI=1S/C21H19F3N6O/c1-30-9-12(7-27-30)11-4-5-13-15(6-11)28-17-14(8-26-19(25)16(13)17)20(31)29-18(10-2-3-10)21(22,23)24/h4-10,18,28H,2-3H2,1H3,(H2,25,26)(H,29,31)/t18-/m1/s1. The van der Waals surface area contributed by atoms with Crippen LogP contribution in [-0.4, -0.2) is 37.9 Å². The molecule has 5 rings (SSSR count). The summed E-state index contributed by atoms with van der Waals surface area (Å²) in [6.07, 6.45) is 1.20. The first kappa shape index (κ1) is 19.4. The van der Waals surface area contributed by atoms with E-state index in [1.54, 1.807) is 10.9 Å². The van der Waals surface area contributed by atoms with E-state index in [9.17, 15) is 18.0 Å². The van der Waals surface area contributed by atoms with Crippen molar-refractivity contribution in [2.24, 2.45) is 13.0 Å². The average Bonchev–Trinajstić information content (AvgIpc) is 3.32. The fraction of sp³-hybridized carbons (Fsp3) is 0.286. The molecule has 3 heterocycles. The molecule has 0 spiro atoms. The van der Waals surface area contributed by atoms with Gasteiger partial charge in [0.05, 0.1) is 22.7 Å². The number of nitrogens with one attached hydrogen (secondary N) is 2. The highest BCUT2D eigenvalue weighted by Gasteiger charge is 2.49. The number of nitrogens with two attached hydrogens (primary N) is 1. The average molecular weight is 428 g/mol. The Morgan fingerprint density at radius 1 is 1.29 bits per heavy atom. The molecule has 3 aromatic heterocycles. The minimum Gasteiger partial charge on any atom is -0.383 e. The van der Waals surface area contributed by atoms with Crippen molar-refractivity contribution in [3.05, 3.63) is 42.4 Å². The van der Waals surface area contributed by atoms with Gasteiger partial charge in [-0.25, -0.2) is 4.98 Å². The van der Waals surface area contributed by atoms with Gasteiger partial charge in [-0.05, 0) is 30.4 Å². The van der Waals surface area contributed by atoms with Gasteiger partial charge in [0.2, 0.25) is 0 Å². The summed E-state index contributed by atoms with van der Waals surface area (Å²) in [6.45, 7) is 0. The molecule has 1 atom stereocenters. The van der Waals surface area contributed by atoms with Crippen LogP contribution in [0.4, 0.5) is 19.0 Å². The van der Waals surface area contributed by atoms with Crippen LogP contribution in [0.15, 0.2) is 36.8 Å². The number of benzene rings is 1. The smallest absolute Gasteiger partial charge is 0.383 e. The molecule has 0 bridgehead atoms. The molecule has 0 aliphatic heterocycles. The van der Waals surface area contributed by atoms with Crippen LogP contribution in [0.25, 0.3) is 32.9 Å². The highest BCUT2D eigenvalue weighted by Crippen LogP contribution is 2.40. The van der Waals surface area contributed by atoms with E-state index in [1.807, 2.05) is 31.4 Å². The van der Waals surface area contributed by atoms with Crippen molar-refractivity contribution in [2.75, 3.05) is 5.73 Å². The Kier molecular flexibility index (Phi) is 4.21. The lowest BCUT2D eigenvalue weighted by atomic mass is 10.1. The molecule has 1 aliphatic carbocycles. The summed E-state index contributed by atoms with van der Waals surface area (Å²) in [7, 11) is 1.82. The summed E-state index contributed by atoms with van der Waals surface area (Å²) < 4.78 is 41.8. The van der Waals surface area contributed by atoms with E-state index in [2.05, 4.69) is 20.4 Å². The third-order valence-corrected chi connectivity index (χ3v) is 5.67. The fourth-order valence-corrected chi connectivity index (χ4v) is 3.97. The number of fused-ring (bicyclic) bond motifs is 3. The van der Waals surface area contributed by atoms with Crippen LogP contribution >= 0.6 is 0 Å². The molecule has 7 nitrogen and oxygen atoms in total. The molecule has 10 heteroatoms. The number of hydrogen-bond donors (Lipinski definition) is 3. The molecule has 0 saturated heterocycles. The molecule has 31 heavy (non-hydrogen) atoms. The zero-order valence-corrected chi connectivity index (χ0v) is 16.5. The number of alkyl halides is 3. The van der Waals surface area contributed by atoms with Crippen LogP contribution in [0.1, 0.15) is 23.2 Å². The summed E-state index contributed by atoms with van der Waals surface area (Å²) in [5.41, 5.74) is 8.95. The fourth-order valence-electron chi connectivity index (χ4n) is 3.97. The second-order valence-corrected chi connectivity index (χ2v) is 7.93. The molecule has 160 valence electrons. The number of halogens is 3. The van der Waals surface area contributed by atoms with E-state index in [-0.39, 0.29) is 11.4 Å². The summed E-state index contributed by atoms with van der Waals surface area (Å²) in [5, 5.41) is 7.56. The predicted octanol–water partition coefficient (Wildman–Crippen LogP) is 3.77. The van der Waals surface area contributed by atoms with Gasteiger partial charge in [0.25, 0.3) is 5.91 Å². The van der Waals surface area contributed by atoms with Crippen molar-refractivity contribution in [3.8, 4) is 11.1 Å². The van der Waals surface area contributed by atoms with Crippen molar-refractivity contribution < 1.29 is 18.0 Å². The van der Waals surface area contributed by atoms with E-state index < -0.39 is 24.0 Å². The highest BCUT2D eigenvalue weighted by atomic mass is 19.4. The summed E-state index contributed by atoms with van der Waals surface area (Å²) in [5.74, 6) is -1.21. The molecular weight excluding hydrogens is 409 g/mol. The number of nitrogen functional groups attached to an aromatic ring is 1. The maximum Gasteiger partial charge on any atom is 0.408 e. The lowest BCUT2D eigenvalue weighted by molar-refractivity contribution is -0.158. The Labute approximate surface area is 174 Å². The van der Waals surface area contributed by atoms with E-state index in [0.717, 1.165) is 16.5 Å². The number of hydrogen-bond acceptors (Lipinski definition) is 4. The van der Waals surface area contributed by atoms with Gasteiger partial charge in [-0.1, -0.05) is 12.1 Å². The number of pyridine rings is 1. The number of anilines is 1. The molecule has 1 aliphatic rings. The maximum absolute atomic E-state index is 13.4. The number of amides is 1. The third kappa shape index (κ3) is 3.37. The van der Waals surface area contributed by atoms with Crippen LogP contribution < -0.4 is 11.1 Å². The minimum atomic E-state index is -4.50. The molecule has 4 N–H and O–H groups in total. The minimum absolute atomic E-state index is 0.0261. The van der Waals surface area contributed by atoms with E-state index in [4.69, 9.17) is 5.73 Å². The monoisotopic (exact) mass is 428 g/mol. The largest absolute Gasteiger partial charge is 0.408 e. The van der Waals surface area contributed by atoms with Crippen LogP contribution in [0.3, 0.4) is 0 Å². The first-order valence-electron chi connectivity index (χ1n) is 9.79. The number of carbonyl (C=O) groups excluding carboxylic acids is 1. The lowest BCUT2D eigenvalue weighted by Crippen LogP contribution is -2.47.